The molecule has 0 saturated heterocycles. The van der Waals surface area contributed by atoms with Gasteiger partial charge < -0.3 is 10.1 Å². The number of benzene rings is 2. The number of anilines is 1. The Balaban J connectivity index is 1.98. The lowest BCUT2D eigenvalue weighted by Crippen LogP contribution is -2.27. The minimum atomic E-state index is -4.64. The maximum Gasteiger partial charge on any atom is 0.298 e. The van der Waals surface area contributed by atoms with Gasteiger partial charge in [0.15, 0.2) is 0 Å². The van der Waals surface area contributed by atoms with Crippen LogP contribution >= 0.6 is 0 Å². The number of hydrazone groups is 1. The van der Waals surface area contributed by atoms with E-state index in [0.717, 1.165) is 11.1 Å². The van der Waals surface area contributed by atoms with E-state index < -0.39 is 20.9 Å². The molecular weight excluding hydrogens is 374 g/mol. The van der Waals surface area contributed by atoms with Crippen LogP contribution in [-0.2, 0) is 19.7 Å². The van der Waals surface area contributed by atoms with Crippen LogP contribution in [0.5, 0.6) is 11.5 Å². The summed E-state index contributed by atoms with van der Waals surface area (Å²) in [5, 5.41) is 7.34. The van der Waals surface area contributed by atoms with E-state index in [4.69, 9.17) is 4.74 Å². The van der Waals surface area contributed by atoms with Crippen molar-refractivity contribution in [3.63, 3.8) is 0 Å². The standard InChI is InChI=1S/C17H15N3O6S/c1-11(21)18-16-10-17(22)20(19-16)12-7-8-14(15(9-12)27(23,24)25)26-13-5-3-2-4-6-13/h2-9H,10H2,1H3,(H,18,19,21)(H,23,24,25). The first-order chi connectivity index (χ1) is 12.7. The molecule has 1 aliphatic rings. The molecule has 3 rings (SSSR count). The van der Waals surface area contributed by atoms with Crippen LogP contribution in [0, 0.1) is 0 Å². The summed E-state index contributed by atoms with van der Waals surface area (Å²) in [6.07, 6.45) is -0.136. The summed E-state index contributed by atoms with van der Waals surface area (Å²) in [6.45, 7) is 1.28. The highest BCUT2D eigenvalue weighted by Gasteiger charge is 2.28. The van der Waals surface area contributed by atoms with Gasteiger partial charge >= 0.3 is 0 Å². The molecule has 140 valence electrons. The lowest BCUT2D eigenvalue weighted by atomic mass is 10.2. The smallest absolute Gasteiger partial charge is 0.298 e. The number of para-hydroxylation sites is 1. The summed E-state index contributed by atoms with van der Waals surface area (Å²) in [6, 6.07) is 12.2. The van der Waals surface area contributed by atoms with Gasteiger partial charge in [-0.2, -0.15) is 18.5 Å². The molecule has 0 spiro atoms. The quantitative estimate of drug-likeness (QED) is 0.770. The number of amidine groups is 1. The summed E-state index contributed by atoms with van der Waals surface area (Å²) >= 11 is 0. The predicted octanol–water partition coefficient (Wildman–Crippen LogP) is 1.91. The Bertz CT molecular complexity index is 1030. The first-order valence-electron chi connectivity index (χ1n) is 7.76. The lowest BCUT2D eigenvalue weighted by Gasteiger charge is -2.15. The zero-order valence-electron chi connectivity index (χ0n) is 14.1. The number of carbonyl (C=O) groups is 2. The third-order valence-electron chi connectivity index (χ3n) is 3.52. The number of hydrogen-bond acceptors (Lipinski definition) is 6. The topological polar surface area (TPSA) is 125 Å². The monoisotopic (exact) mass is 389 g/mol. The second kappa shape index (κ2) is 7.17. The fourth-order valence-corrected chi connectivity index (χ4v) is 3.07. The van der Waals surface area contributed by atoms with E-state index in [2.05, 4.69) is 10.4 Å². The molecule has 0 aromatic heterocycles. The highest BCUT2D eigenvalue weighted by Crippen LogP contribution is 2.33. The molecule has 0 saturated carbocycles. The highest BCUT2D eigenvalue weighted by molar-refractivity contribution is 7.86. The Morgan fingerprint density at radius 1 is 1.22 bits per heavy atom. The van der Waals surface area contributed by atoms with E-state index in [9.17, 15) is 22.6 Å². The number of hydrogen-bond donors (Lipinski definition) is 2. The number of nitrogens with zero attached hydrogens (tertiary/aromatic N) is 2. The number of rotatable bonds is 4. The van der Waals surface area contributed by atoms with Gasteiger partial charge in [-0.05, 0) is 30.3 Å². The molecule has 0 atom stereocenters. The van der Waals surface area contributed by atoms with Crippen molar-refractivity contribution in [3.05, 3.63) is 48.5 Å². The van der Waals surface area contributed by atoms with Crippen molar-refractivity contribution in [1.29, 1.82) is 0 Å². The van der Waals surface area contributed by atoms with E-state index in [1.165, 1.54) is 19.1 Å². The van der Waals surface area contributed by atoms with Crippen molar-refractivity contribution in [2.45, 2.75) is 18.2 Å². The molecule has 2 aromatic rings. The van der Waals surface area contributed by atoms with Gasteiger partial charge in [-0.3, -0.25) is 14.1 Å². The van der Waals surface area contributed by atoms with Crippen molar-refractivity contribution in [2.75, 3.05) is 5.01 Å². The van der Waals surface area contributed by atoms with Crippen molar-refractivity contribution >= 4 is 33.5 Å². The van der Waals surface area contributed by atoms with Crippen LogP contribution < -0.4 is 15.1 Å². The third-order valence-corrected chi connectivity index (χ3v) is 4.39. The molecule has 2 amide bonds. The molecule has 9 nitrogen and oxygen atoms in total. The van der Waals surface area contributed by atoms with E-state index >= 15 is 0 Å². The van der Waals surface area contributed by atoms with Crippen molar-refractivity contribution < 1.29 is 27.3 Å². The largest absolute Gasteiger partial charge is 0.456 e. The second-order valence-electron chi connectivity index (χ2n) is 5.63. The number of ether oxygens (including phenoxy) is 1. The van der Waals surface area contributed by atoms with Crippen LogP contribution in [0.25, 0.3) is 0 Å². The van der Waals surface area contributed by atoms with E-state index in [1.54, 1.807) is 30.3 Å². The molecule has 10 heteroatoms. The number of amides is 2. The second-order valence-corrected chi connectivity index (χ2v) is 7.02. The number of nitrogens with one attached hydrogen (secondary N) is 1. The van der Waals surface area contributed by atoms with Crippen LogP contribution in [0.3, 0.4) is 0 Å². The Morgan fingerprint density at radius 3 is 2.56 bits per heavy atom. The van der Waals surface area contributed by atoms with E-state index in [1.807, 2.05) is 0 Å². The fraction of sp³-hybridized carbons (Fsp3) is 0.118. The summed E-state index contributed by atoms with van der Waals surface area (Å²) in [5.41, 5.74) is 0.105. The summed E-state index contributed by atoms with van der Waals surface area (Å²) < 4.78 is 38.6. The molecule has 0 unspecified atom stereocenters. The Kier molecular flexibility index (Phi) is 4.93. The Labute approximate surface area is 155 Å². The normalized spacial score (nSPS) is 14.1. The molecule has 0 radical (unpaired) electrons. The maximum absolute atomic E-state index is 12.1. The fourth-order valence-electron chi connectivity index (χ4n) is 2.43. The minimum absolute atomic E-state index is 0.105. The van der Waals surface area contributed by atoms with Crippen LogP contribution in [0.4, 0.5) is 5.69 Å². The average Bonchev–Trinajstić information content (AvgIpc) is 2.94. The van der Waals surface area contributed by atoms with Crippen molar-refractivity contribution in [2.24, 2.45) is 5.10 Å². The Morgan fingerprint density at radius 2 is 1.93 bits per heavy atom. The van der Waals surface area contributed by atoms with Gasteiger partial charge in [0.2, 0.25) is 5.91 Å². The lowest BCUT2D eigenvalue weighted by molar-refractivity contribution is -0.117. The molecule has 0 fully saturated rings. The summed E-state index contributed by atoms with van der Waals surface area (Å²) in [5.74, 6) is -0.431. The molecule has 0 aliphatic carbocycles. The molecule has 27 heavy (non-hydrogen) atoms. The molecule has 1 aliphatic heterocycles. The minimum Gasteiger partial charge on any atom is -0.456 e. The van der Waals surface area contributed by atoms with Gasteiger partial charge in [0.1, 0.15) is 22.2 Å². The predicted molar refractivity (Wildman–Crippen MR) is 96.1 cm³/mol. The van der Waals surface area contributed by atoms with Crippen molar-refractivity contribution in [3.8, 4) is 11.5 Å². The molecule has 1 heterocycles. The van der Waals surface area contributed by atoms with Gasteiger partial charge in [-0.1, -0.05) is 18.2 Å². The molecule has 2 aromatic carbocycles. The first-order valence-corrected chi connectivity index (χ1v) is 9.20. The summed E-state index contributed by atoms with van der Waals surface area (Å²) in [4.78, 5) is 22.7. The van der Waals surface area contributed by atoms with E-state index in [0.29, 0.717) is 5.75 Å². The third kappa shape index (κ3) is 4.30. The number of carbonyl (C=O) groups excluding carboxylic acids is 2. The zero-order chi connectivity index (χ0) is 19.6. The van der Waals surface area contributed by atoms with Gasteiger partial charge in [-0.15, -0.1) is 0 Å². The van der Waals surface area contributed by atoms with Gasteiger partial charge in [0.05, 0.1) is 12.1 Å². The molecule has 2 N–H and O–H groups in total. The summed E-state index contributed by atoms with van der Waals surface area (Å²) in [7, 11) is -4.64. The maximum atomic E-state index is 12.1. The van der Waals surface area contributed by atoms with Crippen LogP contribution in [0.1, 0.15) is 13.3 Å². The average molecular weight is 389 g/mol. The highest BCUT2D eigenvalue weighted by atomic mass is 32.2. The van der Waals surface area contributed by atoms with Gasteiger partial charge in [0, 0.05) is 6.92 Å². The molecule has 0 bridgehead atoms. The Hall–Kier alpha value is -3.24. The van der Waals surface area contributed by atoms with E-state index in [-0.39, 0.29) is 29.6 Å². The SMILES string of the molecule is CC(=O)NC1=NN(c2ccc(Oc3ccccc3)c(S(=O)(=O)O)c2)C(=O)C1. The van der Waals surface area contributed by atoms with Crippen molar-refractivity contribution in [1.82, 2.24) is 5.32 Å². The van der Waals surface area contributed by atoms with Crippen LogP contribution in [0.15, 0.2) is 58.5 Å². The first kappa shape index (κ1) is 18.5. The van der Waals surface area contributed by atoms with Gasteiger partial charge in [0.25, 0.3) is 16.0 Å². The molecular formula is C17H15N3O6S. The van der Waals surface area contributed by atoms with Crippen LogP contribution in [-0.4, -0.2) is 30.6 Å². The van der Waals surface area contributed by atoms with Gasteiger partial charge in [-0.25, -0.2) is 0 Å². The zero-order valence-corrected chi connectivity index (χ0v) is 14.9. The van der Waals surface area contributed by atoms with Crippen LogP contribution in [0.2, 0.25) is 0 Å².